The molecular formula is C15H20ClN3O2. The van der Waals surface area contributed by atoms with Crippen molar-refractivity contribution >= 4 is 17.3 Å². The molecule has 2 rings (SSSR count). The predicted molar refractivity (Wildman–Crippen MR) is 83.5 cm³/mol. The maximum absolute atomic E-state index is 12.2. The second-order valence-electron chi connectivity index (χ2n) is 5.53. The Morgan fingerprint density at radius 2 is 2.10 bits per heavy atom. The number of anilines is 1. The zero-order valence-electron chi connectivity index (χ0n) is 11.9. The zero-order chi connectivity index (χ0) is 15.3. The Bertz CT molecular complexity index is 584. The van der Waals surface area contributed by atoms with Crippen LogP contribution in [-0.2, 0) is 6.54 Å². The molecule has 1 aromatic heterocycles. The third-order valence-corrected chi connectivity index (χ3v) is 4.15. The lowest BCUT2D eigenvalue weighted by molar-refractivity contribution is 0.0381. The standard InChI is InChI=1S/C15H20ClN3O2/c1-2-9-19-14(20)13(12(16)10-18-19)17-11-15(21)7-5-3-4-6-8-15/h1,10,17,21H,3-9,11H2. The van der Waals surface area contributed by atoms with E-state index in [1.807, 2.05) is 0 Å². The lowest BCUT2D eigenvalue weighted by Crippen LogP contribution is -2.38. The minimum Gasteiger partial charge on any atom is -0.388 e. The minimum absolute atomic E-state index is 0.0922. The number of terminal acetylenes is 1. The maximum Gasteiger partial charge on any atom is 0.292 e. The number of halogens is 1. The van der Waals surface area contributed by atoms with E-state index >= 15 is 0 Å². The lowest BCUT2D eigenvalue weighted by Gasteiger charge is -2.27. The molecule has 1 fully saturated rings. The molecule has 6 heteroatoms. The minimum atomic E-state index is -0.785. The average molecular weight is 310 g/mol. The number of aromatic nitrogens is 2. The number of rotatable bonds is 4. The van der Waals surface area contributed by atoms with Gasteiger partial charge in [-0.25, -0.2) is 4.68 Å². The fraction of sp³-hybridized carbons (Fsp3) is 0.600. The monoisotopic (exact) mass is 309 g/mol. The molecule has 0 bridgehead atoms. The van der Waals surface area contributed by atoms with Crippen molar-refractivity contribution in [3.05, 3.63) is 21.6 Å². The van der Waals surface area contributed by atoms with E-state index in [4.69, 9.17) is 18.0 Å². The normalized spacial score (nSPS) is 17.8. The highest BCUT2D eigenvalue weighted by Crippen LogP contribution is 2.27. The fourth-order valence-electron chi connectivity index (χ4n) is 2.64. The first-order chi connectivity index (χ1) is 10.1. The van der Waals surface area contributed by atoms with Gasteiger partial charge in [-0.05, 0) is 12.8 Å². The van der Waals surface area contributed by atoms with Gasteiger partial charge in [0.15, 0.2) is 0 Å². The van der Waals surface area contributed by atoms with Crippen molar-refractivity contribution in [1.29, 1.82) is 0 Å². The molecule has 5 nitrogen and oxygen atoms in total. The van der Waals surface area contributed by atoms with Gasteiger partial charge >= 0.3 is 0 Å². The molecule has 0 aromatic carbocycles. The number of nitrogens with one attached hydrogen (secondary N) is 1. The van der Waals surface area contributed by atoms with E-state index in [9.17, 15) is 9.90 Å². The van der Waals surface area contributed by atoms with Gasteiger partial charge in [-0.1, -0.05) is 43.2 Å². The Hall–Kier alpha value is -1.51. The van der Waals surface area contributed by atoms with E-state index in [0.29, 0.717) is 6.54 Å². The molecular weight excluding hydrogens is 290 g/mol. The van der Waals surface area contributed by atoms with Crippen LogP contribution >= 0.6 is 11.6 Å². The van der Waals surface area contributed by atoms with Crippen LogP contribution in [0.1, 0.15) is 38.5 Å². The van der Waals surface area contributed by atoms with Crippen molar-refractivity contribution in [2.24, 2.45) is 0 Å². The molecule has 0 radical (unpaired) electrons. The van der Waals surface area contributed by atoms with Crippen molar-refractivity contribution in [2.45, 2.75) is 50.7 Å². The van der Waals surface area contributed by atoms with Crippen LogP contribution in [0, 0.1) is 12.3 Å². The van der Waals surface area contributed by atoms with Gasteiger partial charge in [-0.15, -0.1) is 6.42 Å². The summed E-state index contributed by atoms with van der Waals surface area (Å²) in [4.78, 5) is 12.2. The summed E-state index contributed by atoms with van der Waals surface area (Å²) >= 11 is 6.03. The third kappa shape index (κ3) is 3.99. The molecule has 0 amide bonds. The predicted octanol–water partition coefficient (Wildman–Crippen LogP) is 2.03. The van der Waals surface area contributed by atoms with Gasteiger partial charge in [0, 0.05) is 6.54 Å². The summed E-state index contributed by atoms with van der Waals surface area (Å²) in [5.74, 6) is 2.37. The van der Waals surface area contributed by atoms with Crippen LogP contribution < -0.4 is 10.9 Å². The Morgan fingerprint density at radius 3 is 2.71 bits per heavy atom. The summed E-state index contributed by atoms with van der Waals surface area (Å²) in [6.07, 6.45) is 12.4. The summed E-state index contributed by atoms with van der Waals surface area (Å²) in [6, 6.07) is 0. The summed E-state index contributed by atoms with van der Waals surface area (Å²) in [6.45, 7) is 0.400. The molecule has 1 heterocycles. The van der Waals surface area contributed by atoms with Gasteiger partial charge in [0.2, 0.25) is 0 Å². The summed E-state index contributed by atoms with van der Waals surface area (Å²) in [7, 11) is 0. The van der Waals surface area contributed by atoms with Gasteiger partial charge in [-0.2, -0.15) is 5.10 Å². The van der Waals surface area contributed by atoms with Crippen LogP contribution in [-0.4, -0.2) is 27.0 Å². The van der Waals surface area contributed by atoms with Gasteiger partial charge in [0.05, 0.1) is 16.8 Å². The number of hydrogen-bond donors (Lipinski definition) is 2. The van der Waals surface area contributed by atoms with Crippen LogP contribution in [0.15, 0.2) is 11.0 Å². The van der Waals surface area contributed by atoms with Gasteiger partial charge in [0.25, 0.3) is 5.56 Å². The first kappa shape index (κ1) is 15.9. The highest BCUT2D eigenvalue weighted by molar-refractivity contribution is 6.33. The van der Waals surface area contributed by atoms with E-state index in [1.165, 1.54) is 10.9 Å². The Labute approximate surface area is 129 Å². The van der Waals surface area contributed by atoms with Gasteiger partial charge in [-0.3, -0.25) is 4.79 Å². The van der Waals surface area contributed by atoms with Crippen molar-refractivity contribution in [1.82, 2.24) is 9.78 Å². The Morgan fingerprint density at radius 1 is 1.43 bits per heavy atom. The molecule has 1 saturated carbocycles. The molecule has 1 aliphatic carbocycles. The van der Waals surface area contributed by atoms with Crippen LogP contribution in [0.2, 0.25) is 5.02 Å². The zero-order valence-corrected chi connectivity index (χ0v) is 12.7. The molecule has 0 atom stereocenters. The lowest BCUT2D eigenvalue weighted by atomic mass is 9.94. The topological polar surface area (TPSA) is 67.2 Å². The van der Waals surface area contributed by atoms with E-state index in [0.717, 1.165) is 38.5 Å². The molecule has 21 heavy (non-hydrogen) atoms. The second kappa shape index (κ2) is 6.97. The van der Waals surface area contributed by atoms with E-state index in [2.05, 4.69) is 16.3 Å². The van der Waals surface area contributed by atoms with Crippen LogP contribution in [0.3, 0.4) is 0 Å². The van der Waals surface area contributed by atoms with Gasteiger partial charge in [0.1, 0.15) is 12.2 Å². The van der Waals surface area contributed by atoms with Crippen LogP contribution in [0.25, 0.3) is 0 Å². The van der Waals surface area contributed by atoms with Crippen LogP contribution in [0.5, 0.6) is 0 Å². The molecule has 2 N–H and O–H groups in total. The molecule has 0 unspecified atom stereocenters. The number of nitrogens with zero attached hydrogens (tertiary/aromatic N) is 2. The van der Waals surface area contributed by atoms with Crippen molar-refractivity contribution in [3.8, 4) is 12.3 Å². The van der Waals surface area contributed by atoms with Crippen molar-refractivity contribution < 1.29 is 5.11 Å². The highest BCUT2D eigenvalue weighted by atomic mass is 35.5. The van der Waals surface area contributed by atoms with E-state index in [1.54, 1.807) is 0 Å². The second-order valence-corrected chi connectivity index (χ2v) is 5.93. The summed E-state index contributed by atoms with van der Waals surface area (Å²) in [5.41, 5.74) is -0.899. The highest BCUT2D eigenvalue weighted by Gasteiger charge is 2.28. The van der Waals surface area contributed by atoms with Crippen molar-refractivity contribution in [3.63, 3.8) is 0 Å². The first-order valence-corrected chi connectivity index (χ1v) is 7.59. The molecule has 0 aliphatic heterocycles. The molecule has 114 valence electrons. The smallest absolute Gasteiger partial charge is 0.292 e. The molecule has 1 aliphatic rings. The SMILES string of the molecule is C#CCn1ncc(Cl)c(NCC2(O)CCCCCC2)c1=O. The molecule has 1 aromatic rings. The maximum atomic E-state index is 12.2. The van der Waals surface area contributed by atoms with Crippen molar-refractivity contribution in [2.75, 3.05) is 11.9 Å². The molecule has 0 saturated heterocycles. The third-order valence-electron chi connectivity index (χ3n) is 3.87. The molecule has 0 spiro atoms. The van der Waals surface area contributed by atoms with E-state index < -0.39 is 5.60 Å². The first-order valence-electron chi connectivity index (χ1n) is 7.21. The Kier molecular flexibility index (Phi) is 5.27. The largest absolute Gasteiger partial charge is 0.388 e. The number of hydrogen-bond acceptors (Lipinski definition) is 4. The fourth-order valence-corrected chi connectivity index (χ4v) is 2.84. The van der Waals surface area contributed by atoms with Gasteiger partial charge < -0.3 is 10.4 Å². The quantitative estimate of drug-likeness (QED) is 0.659. The Balaban J connectivity index is 2.14. The summed E-state index contributed by atoms with van der Waals surface area (Å²) < 4.78 is 1.17. The number of aliphatic hydroxyl groups is 1. The van der Waals surface area contributed by atoms with Crippen LogP contribution in [0.4, 0.5) is 5.69 Å². The van der Waals surface area contributed by atoms with E-state index in [-0.39, 0.29) is 22.8 Å². The average Bonchev–Trinajstić information content (AvgIpc) is 2.67. The summed E-state index contributed by atoms with van der Waals surface area (Å²) in [5, 5.41) is 17.7.